The molecule has 0 bridgehead atoms. The van der Waals surface area contributed by atoms with Gasteiger partial charge in [-0.15, -0.1) is 0 Å². The minimum absolute atomic E-state index is 0.0316. The fourth-order valence-corrected chi connectivity index (χ4v) is 4.23. The van der Waals surface area contributed by atoms with Gasteiger partial charge in [0.05, 0.1) is 44.2 Å². The van der Waals surface area contributed by atoms with E-state index in [9.17, 15) is 15.0 Å². The number of hydrogen-bond acceptors (Lipinski definition) is 7. The SMILES string of the molecule is CC(COC(=O)[C@](O)(CC(C)OCc1ccccc1)C(O)CC(C)OCc1ccccc1)OCc1ccccc1. The highest BCUT2D eigenvalue weighted by atomic mass is 16.6. The number of aliphatic hydroxyl groups excluding tert-OH is 1. The van der Waals surface area contributed by atoms with Crippen molar-refractivity contribution in [3.63, 3.8) is 0 Å². The minimum atomic E-state index is -2.19. The fraction of sp³-hybridized carbons (Fsp3) is 0.424. The van der Waals surface area contributed by atoms with Crippen LogP contribution in [-0.4, -0.2) is 52.8 Å². The summed E-state index contributed by atoms with van der Waals surface area (Å²) < 4.78 is 23.1. The molecule has 40 heavy (non-hydrogen) atoms. The number of carbonyl (C=O) groups is 1. The lowest BCUT2D eigenvalue weighted by Gasteiger charge is -2.34. The highest BCUT2D eigenvalue weighted by Gasteiger charge is 2.46. The van der Waals surface area contributed by atoms with E-state index in [0.717, 1.165) is 16.7 Å². The van der Waals surface area contributed by atoms with E-state index in [1.165, 1.54) is 0 Å². The summed E-state index contributed by atoms with van der Waals surface area (Å²) in [7, 11) is 0. The molecule has 7 heteroatoms. The number of rotatable bonds is 17. The van der Waals surface area contributed by atoms with Crippen LogP contribution in [-0.2, 0) is 43.6 Å². The lowest BCUT2D eigenvalue weighted by Crippen LogP contribution is -2.54. The molecule has 0 spiro atoms. The van der Waals surface area contributed by atoms with Gasteiger partial charge >= 0.3 is 5.97 Å². The molecule has 0 aliphatic rings. The Hall–Kier alpha value is -3.07. The van der Waals surface area contributed by atoms with E-state index in [2.05, 4.69) is 0 Å². The van der Waals surface area contributed by atoms with E-state index in [-0.39, 0.29) is 19.4 Å². The third-order valence-corrected chi connectivity index (χ3v) is 6.64. The topological polar surface area (TPSA) is 94.5 Å². The Labute approximate surface area is 237 Å². The Morgan fingerprint density at radius 1 is 0.675 bits per heavy atom. The van der Waals surface area contributed by atoms with Gasteiger partial charge in [-0.3, -0.25) is 0 Å². The Kier molecular flexibility index (Phi) is 12.8. The van der Waals surface area contributed by atoms with E-state index in [1.807, 2.05) is 91.0 Å². The highest BCUT2D eigenvalue weighted by Crippen LogP contribution is 2.26. The molecule has 0 aliphatic heterocycles. The van der Waals surface area contributed by atoms with Crippen molar-refractivity contribution >= 4 is 5.97 Å². The first-order chi connectivity index (χ1) is 19.3. The molecular formula is C33H42O7. The van der Waals surface area contributed by atoms with Crippen molar-refractivity contribution < 1.29 is 34.0 Å². The molecule has 3 aromatic rings. The second-order valence-electron chi connectivity index (χ2n) is 10.3. The molecule has 0 saturated carbocycles. The summed E-state index contributed by atoms with van der Waals surface area (Å²) in [6.45, 7) is 6.31. The van der Waals surface area contributed by atoms with Crippen molar-refractivity contribution in [3.8, 4) is 0 Å². The Morgan fingerprint density at radius 3 is 1.52 bits per heavy atom. The van der Waals surface area contributed by atoms with Crippen molar-refractivity contribution in [2.45, 2.75) is 83.5 Å². The summed E-state index contributed by atoms with van der Waals surface area (Å²) in [6.07, 6.45) is -2.93. The van der Waals surface area contributed by atoms with Crippen LogP contribution in [0.1, 0.15) is 50.3 Å². The zero-order valence-electron chi connectivity index (χ0n) is 23.6. The molecule has 0 aromatic heterocycles. The van der Waals surface area contributed by atoms with Crippen LogP contribution in [0.2, 0.25) is 0 Å². The maximum absolute atomic E-state index is 13.3. The van der Waals surface area contributed by atoms with Crippen LogP contribution in [0.3, 0.4) is 0 Å². The number of hydrogen-bond donors (Lipinski definition) is 2. The van der Waals surface area contributed by atoms with Gasteiger partial charge in [0.15, 0.2) is 5.60 Å². The summed E-state index contributed by atoms with van der Waals surface area (Å²) in [6, 6.07) is 29.0. The molecule has 7 nitrogen and oxygen atoms in total. The Balaban J connectivity index is 1.60. The van der Waals surface area contributed by atoms with Crippen LogP contribution in [0, 0.1) is 0 Å². The first-order valence-electron chi connectivity index (χ1n) is 13.8. The van der Waals surface area contributed by atoms with Crippen LogP contribution in [0.5, 0.6) is 0 Å². The maximum Gasteiger partial charge on any atom is 0.341 e. The molecule has 0 heterocycles. The van der Waals surface area contributed by atoms with E-state index in [4.69, 9.17) is 18.9 Å². The van der Waals surface area contributed by atoms with E-state index in [1.54, 1.807) is 20.8 Å². The summed E-state index contributed by atoms with van der Waals surface area (Å²) >= 11 is 0. The molecule has 3 aromatic carbocycles. The van der Waals surface area contributed by atoms with Crippen LogP contribution in [0.25, 0.3) is 0 Å². The van der Waals surface area contributed by atoms with Gasteiger partial charge in [-0.05, 0) is 37.5 Å². The molecule has 0 amide bonds. The fourth-order valence-electron chi connectivity index (χ4n) is 4.23. The predicted molar refractivity (Wildman–Crippen MR) is 153 cm³/mol. The van der Waals surface area contributed by atoms with Crippen LogP contribution in [0.4, 0.5) is 0 Å². The van der Waals surface area contributed by atoms with Crippen LogP contribution < -0.4 is 0 Å². The average molecular weight is 551 g/mol. The lowest BCUT2D eigenvalue weighted by atomic mass is 9.87. The lowest BCUT2D eigenvalue weighted by molar-refractivity contribution is -0.191. The van der Waals surface area contributed by atoms with Gasteiger partial charge in [0, 0.05) is 12.8 Å². The summed E-state index contributed by atoms with van der Waals surface area (Å²) in [4.78, 5) is 13.3. The smallest absolute Gasteiger partial charge is 0.341 e. The predicted octanol–water partition coefficient (Wildman–Crippen LogP) is 5.22. The molecule has 0 saturated heterocycles. The zero-order chi connectivity index (χ0) is 28.8. The zero-order valence-corrected chi connectivity index (χ0v) is 23.6. The van der Waals surface area contributed by atoms with Crippen molar-refractivity contribution in [3.05, 3.63) is 108 Å². The van der Waals surface area contributed by atoms with Gasteiger partial charge in [0.1, 0.15) is 6.61 Å². The third kappa shape index (κ3) is 10.5. The van der Waals surface area contributed by atoms with Crippen LogP contribution in [0.15, 0.2) is 91.0 Å². The average Bonchev–Trinajstić information content (AvgIpc) is 2.98. The van der Waals surface area contributed by atoms with Crippen molar-refractivity contribution in [1.82, 2.24) is 0 Å². The molecule has 4 unspecified atom stereocenters. The Morgan fingerprint density at radius 2 is 1.07 bits per heavy atom. The van der Waals surface area contributed by atoms with Gasteiger partial charge in [0.25, 0.3) is 0 Å². The number of aliphatic hydroxyl groups is 2. The third-order valence-electron chi connectivity index (χ3n) is 6.64. The van der Waals surface area contributed by atoms with Gasteiger partial charge in [-0.2, -0.15) is 0 Å². The molecule has 3 rings (SSSR count). The second-order valence-corrected chi connectivity index (χ2v) is 10.3. The number of esters is 1. The molecule has 0 radical (unpaired) electrons. The standard InChI is InChI=1S/C33H42O7/c1-25(37-22-28-13-7-4-8-14-28)19-31(34)33(36,20-26(2)38-23-29-15-9-5-10-16-29)32(35)40-21-27(3)39-24-30-17-11-6-12-18-30/h4-18,25-27,31,34,36H,19-24H2,1-3H3/t25?,26?,27?,31?,33-/m0/s1. The molecule has 5 atom stereocenters. The maximum atomic E-state index is 13.3. The van der Waals surface area contributed by atoms with Crippen LogP contribution >= 0.6 is 0 Å². The summed E-state index contributed by atoms with van der Waals surface area (Å²) in [5, 5.41) is 22.7. The second kappa shape index (κ2) is 16.3. The highest BCUT2D eigenvalue weighted by molar-refractivity contribution is 5.80. The summed E-state index contributed by atoms with van der Waals surface area (Å²) in [5.74, 6) is -0.916. The first-order valence-corrected chi connectivity index (χ1v) is 13.8. The van der Waals surface area contributed by atoms with Gasteiger partial charge in [0.2, 0.25) is 0 Å². The quantitative estimate of drug-likeness (QED) is 0.223. The van der Waals surface area contributed by atoms with Crippen molar-refractivity contribution in [1.29, 1.82) is 0 Å². The Bertz CT molecular complexity index is 1110. The van der Waals surface area contributed by atoms with Gasteiger partial charge < -0.3 is 29.2 Å². The monoisotopic (exact) mass is 550 g/mol. The van der Waals surface area contributed by atoms with E-state index >= 15 is 0 Å². The number of benzene rings is 3. The molecule has 2 N–H and O–H groups in total. The normalized spacial score (nSPS) is 15.9. The molecule has 0 aliphatic carbocycles. The van der Waals surface area contributed by atoms with Crippen molar-refractivity contribution in [2.24, 2.45) is 0 Å². The minimum Gasteiger partial charge on any atom is -0.461 e. The molecule has 216 valence electrons. The van der Waals surface area contributed by atoms with E-state index in [0.29, 0.717) is 19.8 Å². The first kappa shape index (κ1) is 31.5. The summed E-state index contributed by atoms with van der Waals surface area (Å²) in [5.41, 5.74) is 0.764. The largest absolute Gasteiger partial charge is 0.461 e. The van der Waals surface area contributed by atoms with E-state index < -0.39 is 36.0 Å². The van der Waals surface area contributed by atoms with Gasteiger partial charge in [-0.1, -0.05) is 91.0 Å². The molecule has 0 fully saturated rings. The van der Waals surface area contributed by atoms with Gasteiger partial charge in [-0.25, -0.2) is 4.79 Å². The number of ether oxygens (including phenoxy) is 4. The number of carbonyl (C=O) groups excluding carboxylic acids is 1. The van der Waals surface area contributed by atoms with Crippen molar-refractivity contribution in [2.75, 3.05) is 6.61 Å². The molecular weight excluding hydrogens is 508 g/mol.